The molecule has 0 unspecified atom stereocenters. The van der Waals surface area contributed by atoms with Crippen LogP contribution >= 0.6 is 0 Å². The van der Waals surface area contributed by atoms with E-state index in [0.29, 0.717) is 5.41 Å². The Hall–Kier alpha value is 0.243. The molecule has 0 fully saturated rings. The first-order valence-electron chi connectivity index (χ1n) is 7.39. The molecule has 1 rings (SSSR count). The van der Waals surface area contributed by atoms with Gasteiger partial charge in [0.2, 0.25) is 0 Å². The molecule has 0 spiro atoms. The molecule has 0 aromatic rings. The van der Waals surface area contributed by atoms with E-state index in [1.165, 1.54) is 6.42 Å². The molecule has 0 aliphatic heterocycles. The Labute approximate surface area is 131 Å². The summed E-state index contributed by atoms with van der Waals surface area (Å²) in [6.07, 6.45) is 10.6. The molecule has 0 bridgehead atoms. The van der Waals surface area contributed by atoms with Crippen LogP contribution in [0.15, 0.2) is 24.3 Å². The molecular weight excluding hydrogens is 325 g/mol. The molecule has 0 radical (unpaired) electrons. The van der Waals surface area contributed by atoms with Gasteiger partial charge in [0.25, 0.3) is 0 Å². The Kier molecular flexibility index (Phi) is 5.63. The first-order chi connectivity index (χ1) is 8.99. The van der Waals surface area contributed by atoms with E-state index in [-0.39, 0.29) is 3.12 Å². The molecule has 4 heteroatoms. The standard InChI is InChI=1S/C10H15.3C2H6N.Zr/c1-10(2,3)8-9-6-4-5-7-9;3*1-3-2;/h4-7H,8H2,1-3H3;3*1-2H3;/q;3*-1;+3. The fourth-order valence-corrected chi connectivity index (χ4v) is 19.8. The van der Waals surface area contributed by atoms with Crippen LogP contribution in [0.1, 0.15) is 27.2 Å². The SMILES string of the molecule is C[N](C)[Zr]([N](C)C)([N](C)C)[C]1(CC(C)(C)C)C=CC=C1. The fourth-order valence-electron chi connectivity index (χ4n) is 4.30. The van der Waals surface area contributed by atoms with Gasteiger partial charge in [0.15, 0.2) is 0 Å². The minimum absolute atomic E-state index is 0.184. The van der Waals surface area contributed by atoms with Gasteiger partial charge >= 0.3 is 132 Å². The number of allylic oxidation sites excluding steroid dienone is 4. The second kappa shape index (κ2) is 6.16. The molecule has 1 aliphatic rings. The van der Waals surface area contributed by atoms with Gasteiger partial charge in [0.05, 0.1) is 0 Å². The van der Waals surface area contributed by atoms with Gasteiger partial charge in [-0.15, -0.1) is 0 Å². The molecule has 0 saturated carbocycles. The van der Waals surface area contributed by atoms with Crippen molar-refractivity contribution in [2.45, 2.75) is 30.3 Å². The van der Waals surface area contributed by atoms with Gasteiger partial charge in [0.1, 0.15) is 0 Å². The third kappa shape index (κ3) is 3.04. The van der Waals surface area contributed by atoms with Crippen molar-refractivity contribution < 1.29 is 21.1 Å². The quantitative estimate of drug-likeness (QED) is 0.747. The van der Waals surface area contributed by atoms with Crippen molar-refractivity contribution in [3.63, 3.8) is 0 Å². The average Bonchev–Trinajstić information content (AvgIpc) is 2.62. The Morgan fingerprint density at radius 1 is 0.800 bits per heavy atom. The summed E-state index contributed by atoms with van der Waals surface area (Å²) in [5.41, 5.74) is 0.309. The maximum atomic E-state index is 2.54. The van der Waals surface area contributed by atoms with E-state index in [1.54, 1.807) is 0 Å². The third-order valence-electron chi connectivity index (χ3n) is 4.22. The van der Waals surface area contributed by atoms with Crippen LogP contribution in [0.25, 0.3) is 0 Å². The van der Waals surface area contributed by atoms with E-state index in [4.69, 9.17) is 0 Å². The molecular formula is C16H33N3Zr. The molecule has 116 valence electrons. The van der Waals surface area contributed by atoms with Gasteiger partial charge in [-0.2, -0.15) is 0 Å². The molecule has 0 N–H and O–H groups in total. The molecule has 3 nitrogen and oxygen atoms in total. The van der Waals surface area contributed by atoms with Gasteiger partial charge in [-0.1, -0.05) is 0 Å². The number of nitrogens with zero attached hydrogens (tertiary/aromatic N) is 3. The maximum absolute atomic E-state index is 2.97. The summed E-state index contributed by atoms with van der Waals surface area (Å²) in [7, 11) is 13.6. The third-order valence-corrected chi connectivity index (χ3v) is 17.7. The van der Waals surface area contributed by atoms with E-state index in [1.807, 2.05) is 0 Å². The first kappa shape index (κ1) is 18.3. The van der Waals surface area contributed by atoms with Crippen LogP contribution in [0, 0.1) is 5.41 Å². The number of hydrogen-bond acceptors (Lipinski definition) is 3. The van der Waals surface area contributed by atoms with Crippen LogP contribution < -0.4 is 0 Å². The Balaban J connectivity index is 3.49. The predicted molar refractivity (Wildman–Crippen MR) is 86.1 cm³/mol. The van der Waals surface area contributed by atoms with Crippen molar-refractivity contribution in [1.29, 1.82) is 0 Å². The molecule has 0 saturated heterocycles. The number of hydrogen-bond donors (Lipinski definition) is 0. The van der Waals surface area contributed by atoms with Gasteiger partial charge in [-0.05, 0) is 0 Å². The van der Waals surface area contributed by atoms with Crippen LogP contribution in [0.2, 0.25) is 3.12 Å². The molecule has 20 heavy (non-hydrogen) atoms. The molecule has 0 aromatic carbocycles. The summed E-state index contributed by atoms with van der Waals surface area (Å²) in [6, 6.07) is 0. The summed E-state index contributed by atoms with van der Waals surface area (Å²) in [5.74, 6) is 0. The normalized spacial score (nSPS) is 18.8. The van der Waals surface area contributed by atoms with Crippen molar-refractivity contribution in [3.05, 3.63) is 24.3 Å². The topological polar surface area (TPSA) is 9.72 Å². The monoisotopic (exact) mass is 357 g/mol. The Morgan fingerprint density at radius 3 is 1.40 bits per heavy atom. The van der Waals surface area contributed by atoms with Crippen molar-refractivity contribution >= 4 is 0 Å². The van der Waals surface area contributed by atoms with Gasteiger partial charge in [0, 0.05) is 0 Å². The zero-order valence-electron chi connectivity index (χ0n) is 14.9. The molecule has 0 heterocycles. The summed E-state index contributed by atoms with van der Waals surface area (Å²) >= 11 is -2.97. The fraction of sp³-hybridized carbons (Fsp3) is 0.750. The van der Waals surface area contributed by atoms with Crippen molar-refractivity contribution in [2.24, 2.45) is 5.41 Å². The van der Waals surface area contributed by atoms with E-state index < -0.39 is 21.1 Å². The van der Waals surface area contributed by atoms with E-state index in [9.17, 15) is 0 Å². The summed E-state index contributed by atoms with van der Waals surface area (Å²) < 4.78 is 7.81. The molecule has 0 aromatic heterocycles. The Bertz CT molecular complexity index is 355. The molecule has 1 aliphatic carbocycles. The number of rotatable bonds is 5. The summed E-state index contributed by atoms with van der Waals surface area (Å²) in [6.45, 7) is 7.06. The van der Waals surface area contributed by atoms with Crippen LogP contribution in [-0.4, -0.2) is 50.8 Å². The van der Waals surface area contributed by atoms with Crippen molar-refractivity contribution in [1.82, 2.24) is 8.53 Å². The van der Waals surface area contributed by atoms with Gasteiger partial charge in [-0.25, -0.2) is 0 Å². The van der Waals surface area contributed by atoms with Crippen LogP contribution in [0.4, 0.5) is 0 Å². The van der Waals surface area contributed by atoms with E-state index in [0.717, 1.165) is 0 Å². The average molecular weight is 359 g/mol. The summed E-state index contributed by atoms with van der Waals surface area (Å²) in [5, 5.41) is 0. The first-order valence-corrected chi connectivity index (χ1v) is 11.9. The molecule has 0 amide bonds. The van der Waals surface area contributed by atoms with E-state index >= 15 is 0 Å². The predicted octanol–water partition coefficient (Wildman–Crippen LogP) is 3.29. The zero-order chi connectivity index (χ0) is 15.8. The second-order valence-corrected chi connectivity index (χ2v) is 19.8. The Morgan fingerprint density at radius 2 is 1.15 bits per heavy atom. The van der Waals surface area contributed by atoms with E-state index in [2.05, 4.69) is 95.9 Å². The van der Waals surface area contributed by atoms with Gasteiger partial charge in [-0.3, -0.25) is 0 Å². The van der Waals surface area contributed by atoms with Crippen LogP contribution in [0.3, 0.4) is 0 Å². The summed E-state index contributed by atoms with van der Waals surface area (Å²) in [4.78, 5) is 0. The van der Waals surface area contributed by atoms with Crippen LogP contribution in [0.5, 0.6) is 0 Å². The van der Waals surface area contributed by atoms with Crippen LogP contribution in [-0.2, 0) is 21.1 Å². The van der Waals surface area contributed by atoms with Crippen molar-refractivity contribution in [3.8, 4) is 0 Å². The zero-order valence-corrected chi connectivity index (χ0v) is 17.3. The second-order valence-electron chi connectivity index (χ2n) is 7.81. The molecule has 0 atom stereocenters. The van der Waals surface area contributed by atoms with Crippen molar-refractivity contribution in [2.75, 3.05) is 42.3 Å². The minimum atomic E-state index is -2.97. The van der Waals surface area contributed by atoms with Gasteiger partial charge < -0.3 is 0 Å².